The average Bonchev–Trinajstić information content (AvgIpc) is 3.28. The number of pyridine rings is 2. The second-order valence-corrected chi connectivity index (χ2v) is 10.6. The van der Waals surface area contributed by atoms with Gasteiger partial charge in [-0.25, -0.2) is 14.2 Å². The molecule has 0 radical (unpaired) electrons. The summed E-state index contributed by atoms with van der Waals surface area (Å²) in [6.07, 6.45) is -0.300. The van der Waals surface area contributed by atoms with E-state index in [-0.39, 0.29) is 49.2 Å². The van der Waals surface area contributed by atoms with Gasteiger partial charge in [-0.05, 0) is 55.5 Å². The van der Waals surface area contributed by atoms with Gasteiger partial charge in [0, 0.05) is 29.0 Å². The van der Waals surface area contributed by atoms with Crippen LogP contribution in [0.4, 0.5) is 13.2 Å². The van der Waals surface area contributed by atoms with Crippen LogP contribution in [0.5, 0.6) is 0 Å². The Balaban J connectivity index is 1.60. The van der Waals surface area contributed by atoms with E-state index >= 15 is 0 Å². The summed E-state index contributed by atoms with van der Waals surface area (Å²) < 4.78 is 50.4. The highest BCUT2D eigenvalue weighted by atomic mass is 19.3. The average molecular weight is 557 g/mol. The van der Waals surface area contributed by atoms with Crippen LogP contribution in [0, 0.1) is 12.7 Å². The Bertz CT molecular complexity index is 1700. The van der Waals surface area contributed by atoms with Crippen molar-refractivity contribution < 1.29 is 32.6 Å². The van der Waals surface area contributed by atoms with Crippen molar-refractivity contribution in [1.29, 1.82) is 0 Å². The lowest BCUT2D eigenvalue weighted by atomic mass is 9.81. The molecule has 2 aliphatic heterocycles. The third-order valence-corrected chi connectivity index (χ3v) is 8.47. The maximum absolute atomic E-state index is 15.0. The van der Waals surface area contributed by atoms with Gasteiger partial charge in [-0.15, -0.1) is 0 Å². The van der Waals surface area contributed by atoms with E-state index in [1.54, 1.807) is 13.8 Å². The van der Waals surface area contributed by atoms with Crippen molar-refractivity contribution in [3.8, 4) is 11.4 Å². The number of hydrogen-bond acceptors (Lipinski definition) is 7. The second kappa shape index (κ2) is 8.87. The topological polar surface area (TPSA) is 137 Å². The summed E-state index contributed by atoms with van der Waals surface area (Å²) in [6, 6.07) is 1.92. The Hall–Kier alpha value is -3.77. The van der Waals surface area contributed by atoms with Crippen LogP contribution in [0.15, 0.2) is 16.9 Å². The molecule has 0 bridgehead atoms. The van der Waals surface area contributed by atoms with E-state index in [0.29, 0.717) is 45.4 Å². The molecule has 210 valence electrons. The van der Waals surface area contributed by atoms with E-state index in [1.807, 2.05) is 0 Å². The Labute approximate surface area is 226 Å². The summed E-state index contributed by atoms with van der Waals surface area (Å²) in [6.45, 7) is 2.55. The number of hydrogen-bond donors (Lipinski definition) is 3. The summed E-state index contributed by atoms with van der Waals surface area (Å²) in [5, 5.41) is 14.2. The van der Waals surface area contributed by atoms with Gasteiger partial charge < -0.3 is 25.5 Å². The Morgan fingerprint density at radius 2 is 2.05 bits per heavy atom. The number of aliphatic hydroxyl groups is 1. The number of benzene rings is 1. The highest BCUT2D eigenvalue weighted by Crippen LogP contribution is 2.46. The van der Waals surface area contributed by atoms with E-state index in [2.05, 4.69) is 5.32 Å². The summed E-state index contributed by atoms with van der Waals surface area (Å²) in [5.74, 6) is -6.49. The van der Waals surface area contributed by atoms with Crippen molar-refractivity contribution in [1.82, 2.24) is 14.9 Å². The molecule has 1 aromatic carbocycles. The molecule has 0 unspecified atom stereocenters. The maximum atomic E-state index is 15.0. The van der Waals surface area contributed by atoms with Crippen LogP contribution < -0.4 is 16.6 Å². The SMILES string of the molecule is CC[C@@]1(O)C(=O)OCc2c1cc1n(c2=O)Cc2c-1nc1cc(F)c(C)c3c1c2[C@@H](NC(=O)C(F)(F)CCN)CC3. The number of nitrogens with zero attached hydrogens (tertiary/aromatic N) is 2. The van der Waals surface area contributed by atoms with Gasteiger partial charge in [-0.1, -0.05) is 6.92 Å². The summed E-state index contributed by atoms with van der Waals surface area (Å²) >= 11 is 0. The molecule has 1 amide bonds. The molecule has 12 heteroatoms. The first-order valence-corrected chi connectivity index (χ1v) is 13.1. The lowest BCUT2D eigenvalue weighted by molar-refractivity contribution is -0.172. The van der Waals surface area contributed by atoms with E-state index in [4.69, 9.17) is 15.5 Å². The van der Waals surface area contributed by atoms with Gasteiger partial charge in [0.05, 0.1) is 35.1 Å². The zero-order valence-corrected chi connectivity index (χ0v) is 21.9. The monoisotopic (exact) mass is 556 g/mol. The van der Waals surface area contributed by atoms with Crippen LogP contribution in [0.2, 0.25) is 0 Å². The highest BCUT2D eigenvalue weighted by Gasteiger charge is 2.46. The zero-order chi connectivity index (χ0) is 28.7. The third-order valence-electron chi connectivity index (χ3n) is 8.47. The molecule has 1 aliphatic carbocycles. The molecule has 0 saturated heterocycles. The smallest absolute Gasteiger partial charge is 0.343 e. The number of cyclic esters (lactones) is 1. The first-order valence-electron chi connectivity index (χ1n) is 13.1. The minimum atomic E-state index is -3.68. The quantitative estimate of drug-likeness (QED) is 0.322. The Morgan fingerprint density at radius 3 is 2.75 bits per heavy atom. The summed E-state index contributed by atoms with van der Waals surface area (Å²) in [5.41, 5.74) is 5.96. The fraction of sp³-hybridized carbons (Fsp3) is 0.429. The largest absolute Gasteiger partial charge is 0.458 e. The molecular formula is C28H27F3N4O5. The molecular weight excluding hydrogens is 529 g/mol. The third kappa shape index (κ3) is 3.55. The van der Waals surface area contributed by atoms with Crippen LogP contribution in [0.25, 0.3) is 22.3 Å². The van der Waals surface area contributed by atoms with Gasteiger partial charge in [0.25, 0.3) is 11.5 Å². The number of aromatic nitrogens is 2. The fourth-order valence-electron chi connectivity index (χ4n) is 6.26. The molecule has 3 aliphatic rings. The van der Waals surface area contributed by atoms with Crippen molar-refractivity contribution in [2.45, 2.75) is 70.2 Å². The predicted molar refractivity (Wildman–Crippen MR) is 137 cm³/mol. The van der Waals surface area contributed by atoms with Crippen LogP contribution >= 0.6 is 0 Å². The van der Waals surface area contributed by atoms with Gasteiger partial charge in [-0.3, -0.25) is 9.59 Å². The normalized spacial score (nSPS) is 21.1. The van der Waals surface area contributed by atoms with Gasteiger partial charge in [0.2, 0.25) is 0 Å². The number of esters is 1. The van der Waals surface area contributed by atoms with Crippen LogP contribution in [-0.2, 0) is 39.5 Å². The van der Waals surface area contributed by atoms with Gasteiger partial charge in [-0.2, -0.15) is 8.78 Å². The first kappa shape index (κ1) is 26.5. The van der Waals surface area contributed by atoms with Crippen LogP contribution in [0.3, 0.4) is 0 Å². The number of fused-ring (bicyclic) bond motifs is 5. The number of ether oxygens (including phenoxy) is 1. The van der Waals surface area contributed by atoms with E-state index in [0.717, 1.165) is 0 Å². The Morgan fingerprint density at radius 1 is 1.30 bits per heavy atom. The molecule has 0 fully saturated rings. The number of nitrogens with two attached hydrogens (primary N) is 1. The van der Waals surface area contributed by atoms with E-state index in [1.165, 1.54) is 16.7 Å². The fourth-order valence-corrected chi connectivity index (χ4v) is 6.26. The van der Waals surface area contributed by atoms with Crippen LogP contribution in [-0.4, -0.2) is 39.0 Å². The first-order chi connectivity index (χ1) is 18.9. The van der Waals surface area contributed by atoms with Crippen molar-refractivity contribution in [3.05, 3.63) is 61.7 Å². The number of alkyl halides is 2. The molecule has 2 atom stereocenters. The van der Waals surface area contributed by atoms with Crippen molar-refractivity contribution in [2.75, 3.05) is 6.54 Å². The molecule has 4 N–H and O–H groups in total. The van der Waals surface area contributed by atoms with E-state index < -0.39 is 47.2 Å². The molecule has 9 nitrogen and oxygen atoms in total. The van der Waals surface area contributed by atoms with E-state index in [9.17, 15) is 32.7 Å². The second-order valence-electron chi connectivity index (χ2n) is 10.6. The number of carbonyl (C=O) groups excluding carboxylic acids is 2. The molecule has 2 aromatic heterocycles. The minimum absolute atomic E-state index is 0.00891. The molecule has 6 rings (SSSR count). The summed E-state index contributed by atoms with van der Waals surface area (Å²) in [7, 11) is 0. The minimum Gasteiger partial charge on any atom is -0.458 e. The van der Waals surface area contributed by atoms with Crippen molar-refractivity contribution in [2.24, 2.45) is 5.73 Å². The van der Waals surface area contributed by atoms with Gasteiger partial charge in [0.15, 0.2) is 5.60 Å². The number of carbonyl (C=O) groups is 2. The number of amides is 1. The van der Waals surface area contributed by atoms with Gasteiger partial charge in [0.1, 0.15) is 12.4 Å². The van der Waals surface area contributed by atoms with Gasteiger partial charge >= 0.3 is 11.9 Å². The van der Waals surface area contributed by atoms with Crippen LogP contribution in [0.1, 0.15) is 65.6 Å². The number of halogens is 3. The zero-order valence-electron chi connectivity index (χ0n) is 21.9. The number of nitrogens with one attached hydrogen (secondary N) is 1. The molecule has 40 heavy (non-hydrogen) atoms. The highest BCUT2D eigenvalue weighted by molar-refractivity contribution is 5.94. The van der Waals surface area contributed by atoms with Crippen molar-refractivity contribution in [3.63, 3.8) is 0 Å². The molecule has 3 aromatic rings. The lowest BCUT2D eigenvalue weighted by Crippen LogP contribution is -2.44. The van der Waals surface area contributed by atoms with Crippen molar-refractivity contribution >= 4 is 22.8 Å². The number of aryl methyl sites for hydroxylation is 1. The molecule has 0 spiro atoms. The molecule has 4 heterocycles. The Kier molecular flexibility index (Phi) is 5.86. The number of rotatable bonds is 5. The molecule has 0 saturated carbocycles. The maximum Gasteiger partial charge on any atom is 0.343 e. The predicted octanol–water partition coefficient (Wildman–Crippen LogP) is 2.61. The summed E-state index contributed by atoms with van der Waals surface area (Å²) in [4.78, 5) is 43.4. The standard InChI is InChI=1S/C28H27F3N4O5/c1-3-27(39)16-8-20-23-14(10-35(20)24(36)15(16)11-40-26(27)38)22-18(34-25(37)28(30,31)6-7-32)5-4-13-12(2)17(29)9-19(33-23)21(13)22/h8-9,18,39H,3-7,10-11,32H2,1-2H3,(H,34,37)/t18-,27-/m0/s1. The lowest BCUT2D eigenvalue weighted by Gasteiger charge is -2.31.